The molecule has 1 aliphatic carbocycles. The summed E-state index contributed by atoms with van der Waals surface area (Å²) < 4.78 is 3.84. The van der Waals surface area contributed by atoms with Gasteiger partial charge in [0.25, 0.3) is 5.91 Å². The number of carbonyl (C=O) groups excluding carboxylic acids is 1. The summed E-state index contributed by atoms with van der Waals surface area (Å²) in [5.74, 6) is 0.467. The molecular weight excluding hydrogens is 248 g/mol. The molecule has 0 aliphatic heterocycles. The van der Waals surface area contributed by atoms with E-state index >= 15 is 0 Å². The van der Waals surface area contributed by atoms with Crippen LogP contribution in [0.1, 0.15) is 48.0 Å². The number of rotatable bonds is 5. The molecule has 1 aromatic heterocycles. The number of nitrogens with zero attached hydrogens (tertiary/aromatic N) is 2. The Kier molecular flexibility index (Phi) is 4.66. The molecule has 0 saturated heterocycles. The number of hydrogen-bond donors (Lipinski definition) is 2. The van der Waals surface area contributed by atoms with E-state index in [0.29, 0.717) is 17.3 Å². The number of hydrogen-bond acceptors (Lipinski definition) is 5. The Morgan fingerprint density at radius 2 is 2.28 bits per heavy atom. The first-order chi connectivity index (χ1) is 8.76. The summed E-state index contributed by atoms with van der Waals surface area (Å²) >= 11 is 1.16. The van der Waals surface area contributed by atoms with Gasteiger partial charge in [0.05, 0.1) is 5.69 Å². The van der Waals surface area contributed by atoms with Crippen LogP contribution in [-0.2, 0) is 6.42 Å². The van der Waals surface area contributed by atoms with E-state index in [1.54, 1.807) is 0 Å². The van der Waals surface area contributed by atoms with Crippen molar-refractivity contribution >= 4 is 17.4 Å². The Hall–Kier alpha value is -1.01. The molecule has 1 saturated carbocycles. The zero-order valence-corrected chi connectivity index (χ0v) is 11.5. The summed E-state index contributed by atoms with van der Waals surface area (Å²) in [5, 5.41) is 7.02. The van der Waals surface area contributed by atoms with Crippen molar-refractivity contribution < 1.29 is 4.79 Å². The summed E-state index contributed by atoms with van der Waals surface area (Å²) in [6, 6.07) is 0.0896. The van der Waals surface area contributed by atoms with Gasteiger partial charge in [-0.05, 0) is 36.7 Å². The van der Waals surface area contributed by atoms with Gasteiger partial charge >= 0.3 is 0 Å². The fourth-order valence-corrected chi connectivity index (χ4v) is 3.23. The average Bonchev–Trinajstić information content (AvgIpc) is 3.05. The summed E-state index contributed by atoms with van der Waals surface area (Å²) in [7, 11) is 0. The molecule has 1 aromatic rings. The normalized spacial score (nSPS) is 17.9. The molecule has 100 valence electrons. The van der Waals surface area contributed by atoms with E-state index in [4.69, 9.17) is 5.73 Å². The topological polar surface area (TPSA) is 80.9 Å². The molecule has 0 bridgehead atoms. The van der Waals surface area contributed by atoms with Crippen molar-refractivity contribution in [1.29, 1.82) is 0 Å². The lowest BCUT2D eigenvalue weighted by molar-refractivity contribution is 0.0927. The maximum Gasteiger partial charge on any atom is 0.265 e. The predicted octanol–water partition coefficient (Wildman–Crippen LogP) is 1.35. The molecule has 0 radical (unpaired) electrons. The molecule has 0 spiro atoms. The minimum Gasteiger partial charge on any atom is -0.347 e. The van der Waals surface area contributed by atoms with Crippen LogP contribution in [0.15, 0.2) is 0 Å². The minimum absolute atomic E-state index is 0.0656. The quantitative estimate of drug-likeness (QED) is 0.844. The second kappa shape index (κ2) is 6.24. The first-order valence-corrected chi connectivity index (χ1v) is 7.35. The Labute approximate surface area is 111 Å². The zero-order valence-electron chi connectivity index (χ0n) is 10.7. The monoisotopic (exact) mass is 268 g/mol. The molecule has 2 rings (SSSR count). The first kappa shape index (κ1) is 13.4. The van der Waals surface area contributed by atoms with E-state index in [9.17, 15) is 4.79 Å². The van der Waals surface area contributed by atoms with Crippen molar-refractivity contribution in [3.05, 3.63) is 10.6 Å². The van der Waals surface area contributed by atoms with Crippen LogP contribution in [0.25, 0.3) is 0 Å². The van der Waals surface area contributed by atoms with Crippen LogP contribution in [-0.4, -0.2) is 28.1 Å². The third-order valence-electron chi connectivity index (χ3n) is 3.64. The van der Waals surface area contributed by atoms with Gasteiger partial charge < -0.3 is 11.1 Å². The first-order valence-electron chi connectivity index (χ1n) is 6.58. The SMILES string of the molecule is CCc1nnsc1C(=O)NC(CN)C1CCCC1. The van der Waals surface area contributed by atoms with Gasteiger partial charge in [0, 0.05) is 12.6 Å². The van der Waals surface area contributed by atoms with E-state index in [1.807, 2.05) is 6.92 Å². The van der Waals surface area contributed by atoms with Crippen LogP contribution < -0.4 is 11.1 Å². The second-order valence-electron chi connectivity index (χ2n) is 4.76. The van der Waals surface area contributed by atoms with E-state index < -0.39 is 0 Å². The van der Waals surface area contributed by atoms with Gasteiger partial charge in [0.15, 0.2) is 0 Å². The molecule has 1 aliphatic rings. The Bertz CT molecular complexity index is 401. The maximum atomic E-state index is 12.2. The minimum atomic E-state index is -0.0656. The number of nitrogens with two attached hydrogens (primary N) is 1. The van der Waals surface area contributed by atoms with Gasteiger partial charge in [-0.15, -0.1) is 5.10 Å². The maximum absolute atomic E-state index is 12.2. The van der Waals surface area contributed by atoms with Crippen molar-refractivity contribution in [1.82, 2.24) is 14.9 Å². The van der Waals surface area contributed by atoms with Gasteiger partial charge in [0.2, 0.25) is 0 Å². The highest BCUT2D eigenvalue weighted by molar-refractivity contribution is 7.08. The van der Waals surface area contributed by atoms with E-state index in [0.717, 1.165) is 23.6 Å². The van der Waals surface area contributed by atoms with Crippen LogP contribution in [0.5, 0.6) is 0 Å². The highest BCUT2D eigenvalue weighted by Crippen LogP contribution is 2.27. The molecule has 1 amide bonds. The van der Waals surface area contributed by atoms with Crippen LogP contribution in [0.3, 0.4) is 0 Å². The molecule has 1 heterocycles. The molecule has 1 atom stereocenters. The Morgan fingerprint density at radius 3 is 2.89 bits per heavy atom. The lowest BCUT2D eigenvalue weighted by Gasteiger charge is -2.22. The molecular formula is C12H20N4OS. The largest absolute Gasteiger partial charge is 0.347 e. The highest BCUT2D eigenvalue weighted by atomic mass is 32.1. The molecule has 6 heteroatoms. The van der Waals surface area contributed by atoms with E-state index in [1.165, 1.54) is 25.7 Å². The lowest BCUT2D eigenvalue weighted by Crippen LogP contribution is -2.44. The van der Waals surface area contributed by atoms with Crippen LogP contribution in [0.4, 0.5) is 0 Å². The zero-order chi connectivity index (χ0) is 13.0. The van der Waals surface area contributed by atoms with Crippen LogP contribution in [0, 0.1) is 5.92 Å². The average molecular weight is 268 g/mol. The molecule has 5 nitrogen and oxygen atoms in total. The van der Waals surface area contributed by atoms with E-state index in [2.05, 4.69) is 14.9 Å². The summed E-state index contributed by atoms with van der Waals surface area (Å²) in [6.45, 7) is 2.48. The van der Waals surface area contributed by atoms with Crippen LogP contribution >= 0.6 is 11.5 Å². The third-order valence-corrected chi connectivity index (χ3v) is 4.40. The number of nitrogens with one attached hydrogen (secondary N) is 1. The van der Waals surface area contributed by atoms with Crippen molar-refractivity contribution in [2.75, 3.05) is 6.54 Å². The standard InChI is InChI=1S/C12H20N4OS/c1-2-9-11(18-16-15-9)12(17)14-10(7-13)8-5-3-4-6-8/h8,10H,2-7,13H2,1H3,(H,14,17). The summed E-state index contributed by atoms with van der Waals surface area (Å²) in [6.07, 6.45) is 5.57. The fraction of sp³-hybridized carbons (Fsp3) is 0.750. The summed E-state index contributed by atoms with van der Waals surface area (Å²) in [4.78, 5) is 12.8. The van der Waals surface area contributed by atoms with Gasteiger partial charge in [0.1, 0.15) is 4.88 Å². The number of carbonyl (C=O) groups is 1. The number of aryl methyl sites for hydroxylation is 1. The Morgan fingerprint density at radius 1 is 1.56 bits per heavy atom. The predicted molar refractivity (Wildman–Crippen MR) is 71.6 cm³/mol. The van der Waals surface area contributed by atoms with Gasteiger partial charge in [-0.1, -0.05) is 24.3 Å². The van der Waals surface area contributed by atoms with Crippen LogP contribution in [0.2, 0.25) is 0 Å². The van der Waals surface area contributed by atoms with Gasteiger partial charge in [-0.3, -0.25) is 4.79 Å². The van der Waals surface area contributed by atoms with Crippen molar-refractivity contribution in [3.63, 3.8) is 0 Å². The van der Waals surface area contributed by atoms with Gasteiger partial charge in [-0.25, -0.2) is 0 Å². The highest BCUT2D eigenvalue weighted by Gasteiger charge is 2.26. The smallest absolute Gasteiger partial charge is 0.265 e. The summed E-state index contributed by atoms with van der Waals surface area (Å²) in [5.41, 5.74) is 6.56. The number of aromatic nitrogens is 2. The fourth-order valence-electron chi connectivity index (χ4n) is 2.58. The van der Waals surface area contributed by atoms with E-state index in [-0.39, 0.29) is 11.9 Å². The van der Waals surface area contributed by atoms with Crippen molar-refractivity contribution in [2.24, 2.45) is 11.7 Å². The molecule has 3 N–H and O–H groups in total. The second-order valence-corrected chi connectivity index (χ2v) is 5.52. The molecule has 0 aromatic carbocycles. The molecule has 18 heavy (non-hydrogen) atoms. The Balaban J connectivity index is 2.00. The lowest BCUT2D eigenvalue weighted by atomic mass is 9.98. The molecule has 1 unspecified atom stereocenters. The van der Waals surface area contributed by atoms with Crippen molar-refractivity contribution in [2.45, 2.75) is 45.1 Å². The third kappa shape index (κ3) is 2.87. The van der Waals surface area contributed by atoms with Crippen molar-refractivity contribution in [3.8, 4) is 0 Å². The molecule has 1 fully saturated rings. The van der Waals surface area contributed by atoms with Gasteiger partial charge in [-0.2, -0.15) is 0 Å². The number of amides is 1.